The normalized spacial score (nSPS) is 14.2. The van der Waals surface area contributed by atoms with Crippen LogP contribution in [0.2, 0.25) is 0 Å². The molecule has 0 spiro atoms. The highest BCUT2D eigenvalue weighted by atomic mass is 16.5. The van der Waals surface area contributed by atoms with Crippen LogP contribution < -0.4 is 5.32 Å². The summed E-state index contributed by atoms with van der Waals surface area (Å²) >= 11 is 0. The Labute approximate surface area is 363 Å². The van der Waals surface area contributed by atoms with Gasteiger partial charge in [0.15, 0.2) is 0 Å². The number of hydrogen-bond donors (Lipinski definition) is 3. The molecule has 3 N–H and O–H groups in total. The minimum Gasteiger partial charge on any atom is -0.462 e. The monoisotopic (exact) mass is 820 g/mol. The number of esters is 1. The van der Waals surface area contributed by atoms with Crippen LogP contribution in [0.4, 0.5) is 0 Å². The van der Waals surface area contributed by atoms with Crippen molar-refractivity contribution in [2.24, 2.45) is 0 Å². The largest absolute Gasteiger partial charge is 0.462 e. The molecule has 0 aromatic rings. The summed E-state index contributed by atoms with van der Waals surface area (Å²) in [5.41, 5.74) is 0. The Morgan fingerprint density at radius 2 is 0.932 bits per heavy atom. The summed E-state index contributed by atoms with van der Waals surface area (Å²) in [6, 6.07) is -0.730. The molecule has 336 valence electrons. The number of nitrogens with one attached hydrogen (secondary N) is 1. The summed E-state index contributed by atoms with van der Waals surface area (Å²) in [7, 11) is 0. The van der Waals surface area contributed by atoms with Crippen molar-refractivity contribution in [3.8, 4) is 0 Å². The number of hydrogen-bond acceptors (Lipinski definition) is 5. The van der Waals surface area contributed by atoms with Crippen LogP contribution in [0, 0.1) is 0 Å². The first-order valence-electron chi connectivity index (χ1n) is 24.0. The molecule has 6 nitrogen and oxygen atoms in total. The maximum atomic E-state index is 13.1. The molecular formula is C53H89NO5. The molecular weight excluding hydrogens is 731 g/mol. The molecule has 0 aromatic heterocycles. The second-order valence-electron chi connectivity index (χ2n) is 15.7. The molecule has 0 aromatic carbocycles. The minimum absolute atomic E-state index is 0.0211. The van der Waals surface area contributed by atoms with Gasteiger partial charge in [0.1, 0.15) is 6.10 Å². The highest BCUT2D eigenvalue weighted by Gasteiger charge is 2.24. The fourth-order valence-corrected chi connectivity index (χ4v) is 6.59. The molecule has 0 rings (SSSR count). The Balaban J connectivity index is 4.77. The molecule has 6 heteroatoms. The number of aliphatic hydroxyl groups excluding tert-OH is 2. The predicted molar refractivity (Wildman–Crippen MR) is 254 cm³/mol. The van der Waals surface area contributed by atoms with Gasteiger partial charge < -0.3 is 20.3 Å². The Kier molecular flexibility index (Phi) is 43.4. The molecule has 0 aliphatic rings. The molecule has 0 aliphatic heterocycles. The molecule has 0 saturated heterocycles. The van der Waals surface area contributed by atoms with Crippen LogP contribution in [-0.4, -0.2) is 46.9 Å². The maximum Gasteiger partial charge on any atom is 0.306 e. The van der Waals surface area contributed by atoms with E-state index in [0.717, 1.165) is 109 Å². The fraction of sp³-hybridized carbons (Fsp3) is 0.660. The van der Waals surface area contributed by atoms with E-state index in [1.807, 2.05) is 0 Å². The van der Waals surface area contributed by atoms with Crippen LogP contribution in [0.15, 0.2) is 97.2 Å². The topological polar surface area (TPSA) is 95.9 Å². The lowest BCUT2D eigenvalue weighted by atomic mass is 10.0. The van der Waals surface area contributed by atoms with E-state index < -0.39 is 18.2 Å². The van der Waals surface area contributed by atoms with E-state index in [9.17, 15) is 19.8 Å². The first-order chi connectivity index (χ1) is 29.0. The van der Waals surface area contributed by atoms with Crippen molar-refractivity contribution in [1.29, 1.82) is 0 Å². The zero-order valence-electron chi connectivity index (χ0n) is 38.1. The van der Waals surface area contributed by atoms with E-state index in [1.165, 1.54) is 44.9 Å². The van der Waals surface area contributed by atoms with Crippen molar-refractivity contribution >= 4 is 11.9 Å². The maximum absolute atomic E-state index is 13.1. The van der Waals surface area contributed by atoms with Gasteiger partial charge in [-0.25, -0.2) is 0 Å². The van der Waals surface area contributed by atoms with Crippen molar-refractivity contribution in [1.82, 2.24) is 5.32 Å². The van der Waals surface area contributed by atoms with Crippen molar-refractivity contribution in [2.45, 2.75) is 219 Å². The fourth-order valence-electron chi connectivity index (χ4n) is 6.59. The van der Waals surface area contributed by atoms with Crippen LogP contribution in [0.5, 0.6) is 0 Å². The molecule has 59 heavy (non-hydrogen) atoms. The lowest BCUT2D eigenvalue weighted by Crippen LogP contribution is -2.46. The predicted octanol–water partition coefficient (Wildman–Crippen LogP) is 14.2. The van der Waals surface area contributed by atoms with Gasteiger partial charge in [-0.3, -0.25) is 9.59 Å². The molecule has 0 aliphatic carbocycles. The van der Waals surface area contributed by atoms with E-state index in [4.69, 9.17) is 4.74 Å². The summed E-state index contributed by atoms with van der Waals surface area (Å²) in [5, 5.41) is 23.6. The quantitative estimate of drug-likeness (QED) is 0.0324. The lowest BCUT2D eigenvalue weighted by molar-refractivity contribution is -0.151. The van der Waals surface area contributed by atoms with Gasteiger partial charge in [-0.05, 0) is 96.3 Å². The molecule has 0 heterocycles. The number of unbranched alkanes of at least 4 members (excludes halogenated alkanes) is 13. The van der Waals surface area contributed by atoms with Gasteiger partial charge in [0, 0.05) is 6.42 Å². The van der Waals surface area contributed by atoms with Gasteiger partial charge in [0.05, 0.1) is 25.2 Å². The average Bonchev–Trinajstić information content (AvgIpc) is 3.23. The van der Waals surface area contributed by atoms with Crippen molar-refractivity contribution in [3.05, 3.63) is 97.2 Å². The van der Waals surface area contributed by atoms with Crippen molar-refractivity contribution in [2.75, 3.05) is 6.61 Å². The summed E-state index contributed by atoms with van der Waals surface area (Å²) in [6.45, 7) is 6.20. The summed E-state index contributed by atoms with van der Waals surface area (Å²) < 4.78 is 5.87. The molecule has 3 unspecified atom stereocenters. The van der Waals surface area contributed by atoms with Gasteiger partial charge in [-0.1, -0.05) is 189 Å². The van der Waals surface area contributed by atoms with Gasteiger partial charge >= 0.3 is 5.97 Å². The van der Waals surface area contributed by atoms with E-state index in [-0.39, 0.29) is 24.9 Å². The van der Waals surface area contributed by atoms with Gasteiger partial charge in [-0.15, -0.1) is 0 Å². The van der Waals surface area contributed by atoms with Crippen LogP contribution in [0.1, 0.15) is 201 Å². The Bertz CT molecular complexity index is 1190. The Morgan fingerprint density at radius 1 is 0.508 bits per heavy atom. The Morgan fingerprint density at radius 3 is 1.41 bits per heavy atom. The number of carbonyl (C=O) groups excluding carboxylic acids is 2. The van der Waals surface area contributed by atoms with E-state index in [0.29, 0.717) is 19.3 Å². The third-order valence-electron chi connectivity index (χ3n) is 10.2. The molecule has 3 atom stereocenters. The average molecular weight is 820 g/mol. The molecule has 0 bridgehead atoms. The van der Waals surface area contributed by atoms with Crippen LogP contribution >= 0.6 is 0 Å². The van der Waals surface area contributed by atoms with Crippen LogP contribution in [0.3, 0.4) is 0 Å². The SMILES string of the molecule is CC/C=C/C/C=C/C/C=C/C/C=C/CCCCCC(=O)OC(CCC/C=C/C/C=C/C/C=C/C/C=C/CC)CC(=O)NC(CO)C(O)CCCCCCCCCCCC. The molecule has 0 fully saturated rings. The summed E-state index contributed by atoms with van der Waals surface area (Å²) in [5.74, 6) is -0.576. The van der Waals surface area contributed by atoms with Gasteiger partial charge in [0.25, 0.3) is 0 Å². The van der Waals surface area contributed by atoms with E-state index >= 15 is 0 Å². The van der Waals surface area contributed by atoms with Gasteiger partial charge in [-0.2, -0.15) is 0 Å². The second kappa shape index (κ2) is 45.9. The zero-order valence-corrected chi connectivity index (χ0v) is 38.1. The first-order valence-corrected chi connectivity index (χ1v) is 24.0. The molecule has 0 radical (unpaired) electrons. The number of rotatable bonds is 41. The third kappa shape index (κ3) is 41.3. The first kappa shape index (κ1) is 55.8. The number of ether oxygens (including phenoxy) is 1. The smallest absolute Gasteiger partial charge is 0.306 e. The summed E-state index contributed by atoms with van der Waals surface area (Å²) in [4.78, 5) is 26.0. The zero-order chi connectivity index (χ0) is 43.1. The summed E-state index contributed by atoms with van der Waals surface area (Å²) in [6.07, 6.45) is 60.4. The van der Waals surface area contributed by atoms with Crippen LogP contribution in [-0.2, 0) is 14.3 Å². The van der Waals surface area contributed by atoms with Gasteiger partial charge in [0.2, 0.25) is 5.91 Å². The molecule has 1 amide bonds. The number of carbonyl (C=O) groups is 2. The second-order valence-corrected chi connectivity index (χ2v) is 15.7. The Hall–Kier alpha value is -3.22. The third-order valence-corrected chi connectivity index (χ3v) is 10.2. The van der Waals surface area contributed by atoms with E-state index in [2.05, 4.69) is 123 Å². The van der Waals surface area contributed by atoms with E-state index in [1.54, 1.807) is 0 Å². The molecule has 0 saturated carbocycles. The number of aliphatic hydroxyl groups is 2. The highest BCUT2D eigenvalue weighted by Crippen LogP contribution is 2.16. The number of allylic oxidation sites excluding steroid dienone is 16. The van der Waals surface area contributed by atoms with Crippen molar-refractivity contribution < 1.29 is 24.5 Å². The van der Waals surface area contributed by atoms with Crippen LogP contribution in [0.25, 0.3) is 0 Å². The number of amides is 1. The lowest BCUT2D eigenvalue weighted by Gasteiger charge is -2.24. The highest BCUT2D eigenvalue weighted by molar-refractivity contribution is 5.77. The van der Waals surface area contributed by atoms with Crippen molar-refractivity contribution in [3.63, 3.8) is 0 Å². The minimum atomic E-state index is -0.811. The standard InChI is InChI=1S/C53H89NO5/c1-4-7-10-13-16-19-22-24-26-27-29-31-34-37-40-43-46-53(58)59-49(44-41-38-35-32-30-28-25-23-20-17-14-11-8-5-2)47-52(57)54-50(48-55)51(56)45-42-39-36-33-21-18-15-12-9-6-3/h7-8,10-11,16-17,19-20,24-26,28-29,31-32,35,49-51,55-56H,4-6,9,12-15,18,21-23,27,30,33-34,36-48H2,1-3H3,(H,54,57)/b10-7+,11-8+,19-16+,20-17+,26-24+,28-25+,31-29+,35-32+.